The molecule has 0 fully saturated rings. The molecule has 74 valence electrons. The molecule has 0 aliphatic heterocycles. The lowest BCUT2D eigenvalue weighted by Gasteiger charge is -2.21. The highest BCUT2D eigenvalue weighted by Crippen LogP contribution is 2.18. The fourth-order valence-corrected chi connectivity index (χ4v) is 1.14. The van der Waals surface area contributed by atoms with Gasteiger partial charge in [-0.1, -0.05) is 0 Å². The first-order chi connectivity index (χ1) is 6.63. The number of fused-ring (bicyclic) bond motifs is 1. The van der Waals surface area contributed by atoms with Crippen LogP contribution in [0, 0.1) is 0 Å². The van der Waals surface area contributed by atoms with Crippen LogP contribution in [0.1, 0.15) is 12.5 Å². The van der Waals surface area contributed by atoms with E-state index in [2.05, 4.69) is 20.4 Å². The number of aromatic nitrogens is 4. The Morgan fingerprint density at radius 2 is 2.36 bits per heavy atom. The van der Waals surface area contributed by atoms with E-state index >= 15 is 0 Å². The number of hydrogen-bond donors (Lipinski definition) is 3. The van der Waals surface area contributed by atoms with Gasteiger partial charge in [0, 0.05) is 6.20 Å². The number of nitrogens with two attached hydrogens (primary N) is 1. The summed E-state index contributed by atoms with van der Waals surface area (Å²) in [6.07, 6.45) is 1.60. The van der Waals surface area contributed by atoms with Gasteiger partial charge in [0.2, 0.25) is 5.65 Å². The van der Waals surface area contributed by atoms with E-state index < -0.39 is 5.54 Å². The highest BCUT2D eigenvalue weighted by atomic mass is 16.3. The Hall–Kier alpha value is -1.53. The maximum Gasteiger partial charge on any atom is 0.201 e. The van der Waals surface area contributed by atoms with Crippen LogP contribution < -0.4 is 5.73 Å². The third kappa shape index (κ3) is 1.34. The van der Waals surface area contributed by atoms with Crippen LogP contribution in [0.3, 0.4) is 0 Å². The first-order valence-corrected chi connectivity index (χ1v) is 4.20. The van der Waals surface area contributed by atoms with Crippen LogP contribution >= 0.6 is 0 Å². The Balaban J connectivity index is 2.53. The van der Waals surface area contributed by atoms with E-state index in [0.717, 1.165) is 5.56 Å². The molecular weight excluding hydrogens is 182 g/mol. The van der Waals surface area contributed by atoms with Gasteiger partial charge in [-0.2, -0.15) is 10.3 Å². The second-order valence-electron chi connectivity index (χ2n) is 3.47. The van der Waals surface area contributed by atoms with Crippen molar-refractivity contribution in [2.45, 2.75) is 12.5 Å². The number of rotatable bonds is 2. The molecular formula is C8H11N5O. The molecule has 0 bridgehead atoms. The number of H-pyrrole nitrogens is 1. The van der Waals surface area contributed by atoms with Gasteiger partial charge in [0.05, 0.1) is 12.1 Å². The van der Waals surface area contributed by atoms with Crippen LogP contribution in [0.5, 0.6) is 0 Å². The van der Waals surface area contributed by atoms with E-state index in [9.17, 15) is 0 Å². The summed E-state index contributed by atoms with van der Waals surface area (Å²) in [6, 6.07) is 1.77. The van der Waals surface area contributed by atoms with Gasteiger partial charge in [0.15, 0.2) is 0 Å². The summed E-state index contributed by atoms with van der Waals surface area (Å²) in [7, 11) is 0. The van der Waals surface area contributed by atoms with Crippen LogP contribution in [0.15, 0.2) is 12.3 Å². The summed E-state index contributed by atoms with van der Waals surface area (Å²) in [6.45, 7) is 1.59. The molecule has 1 atom stereocenters. The first-order valence-electron chi connectivity index (χ1n) is 4.20. The van der Waals surface area contributed by atoms with E-state index in [-0.39, 0.29) is 6.61 Å². The fraction of sp³-hybridized carbons (Fsp3) is 0.375. The van der Waals surface area contributed by atoms with E-state index in [1.54, 1.807) is 19.2 Å². The molecule has 1 unspecified atom stereocenters. The van der Waals surface area contributed by atoms with Gasteiger partial charge in [-0.05, 0) is 18.6 Å². The molecule has 6 heteroatoms. The smallest absolute Gasteiger partial charge is 0.201 e. The normalized spacial score (nSPS) is 15.6. The minimum atomic E-state index is -0.792. The molecule has 0 saturated heterocycles. The molecule has 4 N–H and O–H groups in total. The molecule has 2 aromatic rings. The topological polar surface area (TPSA) is 101 Å². The monoisotopic (exact) mass is 193 g/mol. The maximum absolute atomic E-state index is 9.07. The van der Waals surface area contributed by atoms with Crippen LogP contribution in [-0.2, 0) is 5.54 Å². The second-order valence-corrected chi connectivity index (χ2v) is 3.47. The summed E-state index contributed by atoms with van der Waals surface area (Å²) >= 11 is 0. The summed E-state index contributed by atoms with van der Waals surface area (Å²) in [5.41, 5.74) is 6.98. The predicted molar refractivity (Wildman–Crippen MR) is 50.3 cm³/mol. The van der Waals surface area contributed by atoms with Crippen molar-refractivity contribution in [1.82, 2.24) is 20.4 Å². The standard InChI is InChI=1S/C8H11N5O/c1-8(9,4-14)5-2-6-7(10-3-5)12-13-11-6/h2-3,14H,4,9H2,1H3,(H,10,11,12,13). The molecule has 0 spiro atoms. The molecule has 0 aliphatic carbocycles. The number of aliphatic hydroxyl groups is 1. The molecule has 14 heavy (non-hydrogen) atoms. The van der Waals surface area contributed by atoms with Gasteiger partial charge >= 0.3 is 0 Å². The zero-order valence-electron chi connectivity index (χ0n) is 7.73. The summed E-state index contributed by atoms with van der Waals surface area (Å²) < 4.78 is 0. The molecule has 2 rings (SSSR count). The predicted octanol–water partition coefficient (Wildman–Crippen LogP) is -0.481. The third-order valence-electron chi connectivity index (χ3n) is 2.16. The van der Waals surface area contributed by atoms with E-state index in [4.69, 9.17) is 10.8 Å². The molecule has 0 saturated carbocycles. The SMILES string of the molecule is CC(N)(CO)c1cnc2n[nH]nc2c1. The van der Waals surface area contributed by atoms with Gasteiger partial charge in [-0.15, -0.1) is 5.10 Å². The molecule has 0 aliphatic rings. The molecule has 0 amide bonds. The van der Waals surface area contributed by atoms with Crippen LogP contribution in [0.2, 0.25) is 0 Å². The largest absolute Gasteiger partial charge is 0.394 e. The van der Waals surface area contributed by atoms with Crippen molar-refractivity contribution in [3.05, 3.63) is 17.8 Å². The van der Waals surface area contributed by atoms with Crippen molar-refractivity contribution in [3.8, 4) is 0 Å². The Bertz CT molecular complexity index is 450. The lowest BCUT2D eigenvalue weighted by atomic mass is 9.96. The first kappa shape index (κ1) is 9.04. The minimum absolute atomic E-state index is 0.141. The van der Waals surface area contributed by atoms with E-state index in [0.29, 0.717) is 11.2 Å². The van der Waals surface area contributed by atoms with Crippen LogP contribution in [0.25, 0.3) is 11.2 Å². The van der Waals surface area contributed by atoms with Crippen molar-refractivity contribution in [3.63, 3.8) is 0 Å². The summed E-state index contributed by atoms with van der Waals surface area (Å²) in [4.78, 5) is 4.06. The number of nitrogens with zero attached hydrogens (tertiary/aromatic N) is 3. The zero-order valence-corrected chi connectivity index (χ0v) is 7.73. The average molecular weight is 193 g/mol. The number of nitrogens with one attached hydrogen (secondary N) is 1. The van der Waals surface area contributed by atoms with Gasteiger partial charge in [0.1, 0.15) is 5.52 Å². The van der Waals surface area contributed by atoms with Crippen LogP contribution in [0.4, 0.5) is 0 Å². The Kier molecular flexibility index (Phi) is 1.94. The lowest BCUT2D eigenvalue weighted by Crippen LogP contribution is -2.37. The highest BCUT2D eigenvalue weighted by molar-refractivity contribution is 5.69. The van der Waals surface area contributed by atoms with Crippen molar-refractivity contribution < 1.29 is 5.11 Å². The lowest BCUT2D eigenvalue weighted by molar-refractivity contribution is 0.210. The summed E-state index contributed by atoms with van der Waals surface area (Å²) in [5, 5.41) is 19.3. The van der Waals surface area contributed by atoms with E-state index in [1.165, 1.54) is 0 Å². The van der Waals surface area contributed by atoms with Gasteiger partial charge in [0.25, 0.3) is 0 Å². The Labute approximate surface area is 80.1 Å². The number of aromatic amines is 1. The van der Waals surface area contributed by atoms with Gasteiger partial charge in [-0.3, -0.25) is 0 Å². The zero-order chi connectivity index (χ0) is 10.2. The van der Waals surface area contributed by atoms with Gasteiger partial charge in [-0.25, -0.2) is 4.98 Å². The summed E-state index contributed by atoms with van der Waals surface area (Å²) in [5.74, 6) is 0. The van der Waals surface area contributed by atoms with Crippen molar-refractivity contribution in [2.24, 2.45) is 5.73 Å². The fourth-order valence-electron chi connectivity index (χ4n) is 1.14. The Morgan fingerprint density at radius 1 is 1.57 bits per heavy atom. The third-order valence-corrected chi connectivity index (χ3v) is 2.16. The number of pyridine rings is 1. The molecule has 0 aromatic carbocycles. The average Bonchev–Trinajstić information content (AvgIpc) is 2.64. The maximum atomic E-state index is 9.07. The molecule has 2 heterocycles. The molecule has 0 radical (unpaired) electrons. The van der Waals surface area contributed by atoms with Crippen molar-refractivity contribution >= 4 is 11.2 Å². The highest BCUT2D eigenvalue weighted by Gasteiger charge is 2.21. The minimum Gasteiger partial charge on any atom is -0.394 e. The van der Waals surface area contributed by atoms with Gasteiger partial charge < -0.3 is 10.8 Å². The van der Waals surface area contributed by atoms with Crippen LogP contribution in [-0.4, -0.2) is 32.1 Å². The number of aliphatic hydroxyl groups excluding tert-OH is 1. The number of hydrogen-bond acceptors (Lipinski definition) is 5. The molecule has 2 aromatic heterocycles. The quantitative estimate of drug-likeness (QED) is 0.598. The van der Waals surface area contributed by atoms with Crippen molar-refractivity contribution in [1.29, 1.82) is 0 Å². The second kappa shape index (κ2) is 3.00. The van der Waals surface area contributed by atoms with E-state index in [1.807, 2.05) is 0 Å². The molecule has 6 nitrogen and oxygen atoms in total. The Morgan fingerprint density at radius 3 is 3.07 bits per heavy atom. The van der Waals surface area contributed by atoms with Crippen molar-refractivity contribution in [2.75, 3.05) is 6.61 Å².